The molecule has 3 aliphatic rings. The van der Waals surface area contributed by atoms with Crippen LogP contribution >= 0.6 is 0 Å². The van der Waals surface area contributed by atoms with E-state index >= 15 is 0 Å². The molecular weight excluding hydrogens is 436 g/mol. The van der Waals surface area contributed by atoms with E-state index < -0.39 is 0 Å². The first-order valence-corrected chi connectivity index (χ1v) is 13.4. The number of rotatable bonds is 8. The van der Waals surface area contributed by atoms with Gasteiger partial charge in [-0.3, -0.25) is 9.59 Å². The van der Waals surface area contributed by atoms with Gasteiger partial charge in [0, 0.05) is 37.4 Å². The zero-order chi connectivity index (χ0) is 25.6. The molecule has 0 aromatic carbocycles. The summed E-state index contributed by atoms with van der Waals surface area (Å²) in [6.45, 7) is 15.7. The smallest absolute Gasteiger partial charge is 0.268 e. The second kappa shape index (κ2) is 12.1. The summed E-state index contributed by atoms with van der Waals surface area (Å²) in [7, 11) is 0. The first-order valence-electron chi connectivity index (χ1n) is 13.4. The molecule has 2 fully saturated rings. The van der Waals surface area contributed by atoms with Crippen LogP contribution in [0.3, 0.4) is 0 Å². The highest BCUT2D eigenvalue weighted by Gasteiger charge is 2.34. The number of hydrogen-bond acceptors (Lipinski definition) is 4. The van der Waals surface area contributed by atoms with Crippen LogP contribution in [0.2, 0.25) is 0 Å². The summed E-state index contributed by atoms with van der Waals surface area (Å²) in [6, 6.07) is 0.208. The monoisotopic (exact) mass is 482 g/mol. The van der Waals surface area contributed by atoms with Crippen molar-refractivity contribution in [2.24, 2.45) is 17.3 Å². The number of nitrogens with one attached hydrogen (secondary N) is 3. The third-order valence-electron chi connectivity index (χ3n) is 8.15. The molecule has 0 spiro atoms. The molecule has 2 heterocycles. The predicted molar refractivity (Wildman–Crippen MR) is 143 cm³/mol. The molecule has 3 N–H and O–H groups in total. The fourth-order valence-electron chi connectivity index (χ4n) is 5.38. The number of carbonyl (C=O) groups excluding carboxylic acids is 2. The molecule has 0 aromatic rings. The summed E-state index contributed by atoms with van der Waals surface area (Å²) in [5.41, 5.74) is 4.06. The largest absolute Gasteiger partial charge is 0.352 e. The summed E-state index contributed by atoms with van der Waals surface area (Å²) in [5, 5.41) is 9.61. The Hall–Kier alpha value is -2.34. The molecule has 1 saturated carbocycles. The first kappa shape index (κ1) is 27.3. The van der Waals surface area contributed by atoms with Crippen LogP contribution in [-0.4, -0.2) is 42.4 Å². The highest BCUT2D eigenvalue weighted by atomic mass is 16.2. The number of hydrogen-bond donors (Lipinski definition) is 3. The molecule has 0 radical (unpaired) electrons. The Balaban J connectivity index is 1.70. The van der Waals surface area contributed by atoms with Crippen molar-refractivity contribution in [1.29, 1.82) is 0 Å². The highest BCUT2D eigenvalue weighted by Crippen LogP contribution is 2.42. The van der Waals surface area contributed by atoms with E-state index in [9.17, 15) is 9.59 Å². The number of carbonyl (C=O) groups is 2. The molecule has 194 valence electrons. The minimum absolute atomic E-state index is 0.0295. The lowest BCUT2D eigenvalue weighted by Gasteiger charge is -2.41. The lowest BCUT2D eigenvalue weighted by atomic mass is 9.66. The van der Waals surface area contributed by atoms with Crippen molar-refractivity contribution in [2.45, 2.75) is 86.1 Å². The Morgan fingerprint density at radius 2 is 2.00 bits per heavy atom. The van der Waals surface area contributed by atoms with Gasteiger partial charge in [-0.25, -0.2) is 0 Å². The van der Waals surface area contributed by atoms with Crippen molar-refractivity contribution in [3.8, 4) is 0 Å². The summed E-state index contributed by atoms with van der Waals surface area (Å²) >= 11 is 0. The summed E-state index contributed by atoms with van der Waals surface area (Å²) in [6.07, 6.45) is 13.5. The van der Waals surface area contributed by atoms with Crippen LogP contribution in [0.1, 0.15) is 80.1 Å². The van der Waals surface area contributed by atoms with E-state index in [0.717, 1.165) is 56.0 Å². The van der Waals surface area contributed by atoms with Crippen LogP contribution in [-0.2, 0) is 9.59 Å². The van der Waals surface area contributed by atoms with Gasteiger partial charge in [-0.05, 0) is 93.0 Å². The number of allylic oxidation sites excluding steroid dienone is 4. The number of nitrogens with zero attached hydrogens (tertiary/aromatic N) is 1. The molecular formula is C29H46N4O2. The minimum atomic E-state index is -0.0577. The van der Waals surface area contributed by atoms with Gasteiger partial charge in [0.1, 0.15) is 5.70 Å². The Kier molecular flexibility index (Phi) is 9.40. The van der Waals surface area contributed by atoms with Gasteiger partial charge in [-0.1, -0.05) is 33.8 Å². The average molecular weight is 483 g/mol. The summed E-state index contributed by atoms with van der Waals surface area (Å²) < 4.78 is 0. The Labute approximate surface area is 212 Å². The van der Waals surface area contributed by atoms with Gasteiger partial charge < -0.3 is 20.9 Å². The van der Waals surface area contributed by atoms with Crippen molar-refractivity contribution < 1.29 is 9.59 Å². The van der Waals surface area contributed by atoms with Gasteiger partial charge in [-0.2, -0.15) is 0 Å². The van der Waals surface area contributed by atoms with Crippen LogP contribution in [0.25, 0.3) is 0 Å². The first-order chi connectivity index (χ1) is 16.6. The van der Waals surface area contributed by atoms with Crippen LogP contribution in [0.15, 0.2) is 47.0 Å². The lowest BCUT2D eigenvalue weighted by Crippen LogP contribution is -2.39. The summed E-state index contributed by atoms with van der Waals surface area (Å²) in [5.74, 6) is 1.20. The molecule has 2 aliphatic heterocycles. The van der Waals surface area contributed by atoms with E-state index in [0.29, 0.717) is 30.0 Å². The van der Waals surface area contributed by atoms with Crippen LogP contribution in [0.5, 0.6) is 0 Å². The third-order valence-corrected chi connectivity index (χ3v) is 8.15. The van der Waals surface area contributed by atoms with Crippen molar-refractivity contribution >= 4 is 11.8 Å². The quantitative estimate of drug-likeness (QED) is 0.466. The molecule has 2 amide bonds. The second-order valence-corrected chi connectivity index (χ2v) is 11.5. The molecule has 0 aromatic heterocycles. The Morgan fingerprint density at radius 1 is 1.23 bits per heavy atom. The fourth-order valence-corrected chi connectivity index (χ4v) is 5.38. The van der Waals surface area contributed by atoms with Gasteiger partial charge in [0.2, 0.25) is 5.91 Å². The Bertz CT molecular complexity index is 906. The summed E-state index contributed by atoms with van der Waals surface area (Å²) in [4.78, 5) is 27.9. The minimum Gasteiger partial charge on any atom is -0.352 e. The van der Waals surface area contributed by atoms with E-state index in [1.165, 1.54) is 12.0 Å². The standard InChI is InChI=1S/C29H46N4O2/c1-7-21(3)25-9-8-10-26(28(35)31-17-23-12-11-22(4)29(5,6)16-23)33(25)19-20(2)15-27(34)32-24-13-14-30-18-24/h8-10,19,22-24,30H,7,11-18H2,1-6H3,(H,31,35)(H,32,34)/b20-19+,25-21+/t22?,23-,24?/m1/s1. The average Bonchev–Trinajstić information content (AvgIpc) is 3.31. The van der Waals surface area contributed by atoms with Gasteiger partial charge >= 0.3 is 0 Å². The van der Waals surface area contributed by atoms with E-state index in [1.807, 2.05) is 30.2 Å². The molecule has 1 saturated heterocycles. The highest BCUT2D eigenvalue weighted by molar-refractivity contribution is 5.94. The van der Waals surface area contributed by atoms with Crippen LogP contribution in [0.4, 0.5) is 0 Å². The Morgan fingerprint density at radius 3 is 2.66 bits per heavy atom. The lowest BCUT2D eigenvalue weighted by molar-refractivity contribution is -0.121. The van der Waals surface area contributed by atoms with Crippen LogP contribution < -0.4 is 16.0 Å². The topological polar surface area (TPSA) is 73.5 Å². The normalized spacial score (nSPS) is 27.9. The molecule has 6 nitrogen and oxygen atoms in total. The van der Waals surface area contributed by atoms with E-state index in [-0.39, 0.29) is 17.9 Å². The van der Waals surface area contributed by atoms with Crippen molar-refractivity contribution in [2.75, 3.05) is 19.6 Å². The molecule has 35 heavy (non-hydrogen) atoms. The van der Waals surface area contributed by atoms with Crippen molar-refractivity contribution in [3.05, 3.63) is 47.0 Å². The predicted octanol–water partition coefficient (Wildman–Crippen LogP) is 4.78. The molecule has 3 atom stereocenters. The van der Waals surface area contributed by atoms with Crippen molar-refractivity contribution in [3.63, 3.8) is 0 Å². The maximum absolute atomic E-state index is 13.4. The van der Waals surface area contributed by atoms with Gasteiger partial charge in [0.05, 0.1) is 0 Å². The fraction of sp³-hybridized carbons (Fsp3) is 0.655. The third kappa shape index (κ3) is 7.33. The molecule has 1 aliphatic carbocycles. The van der Waals surface area contributed by atoms with E-state index in [1.54, 1.807) is 0 Å². The van der Waals surface area contributed by atoms with Gasteiger partial charge in [0.25, 0.3) is 5.91 Å². The molecule has 2 unspecified atom stereocenters. The zero-order valence-electron chi connectivity index (χ0n) is 22.7. The van der Waals surface area contributed by atoms with Crippen LogP contribution in [0, 0.1) is 17.3 Å². The molecule has 6 heteroatoms. The van der Waals surface area contributed by atoms with E-state index in [4.69, 9.17) is 0 Å². The van der Waals surface area contributed by atoms with E-state index in [2.05, 4.69) is 56.6 Å². The van der Waals surface area contributed by atoms with Gasteiger partial charge in [-0.15, -0.1) is 0 Å². The zero-order valence-corrected chi connectivity index (χ0v) is 22.7. The van der Waals surface area contributed by atoms with Gasteiger partial charge in [0.15, 0.2) is 0 Å². The molecule has 3 rings (SSSR count). The maximum Gasteiger partial charge on any atom is 0.268 e. The van der Waals surface area contributed by atoms with Crippen molar-refractivity contribution in [1.82, 2.24) is 20.9 Å². The maximum atomic E-state index is 13.4. The SMILES string of the molecule is CC/C(C)=C1\C=CC=C(C(=O)NC[C@@H]2CCC(C)C(C)(C)C2)N1/C=C(\C)CC(=O)NC1CCNC1. The number of amides is 2. The molecule has 0 bridgehead atoms. The second-order valence-electron chi connectivity index (χ2n) is 11.5.